The maximum Gasteiger partial charge on any atom is 0.0476 e. The van der Waals surface area contributed by atoms with Gasteiger partial charge < -0.3 is 0 Å². The minimum Gasteiger partial charge on any atom is -0.264 e. The van der Waals surface area contributed by atoms with Crippen molar-refractivity contribution in [2.24, 2.45) is 0 Å². The zero-order chi connectivity index (χ0) is 11.5. The second-order valence-electron chi connectivity index (χ2n) is 3.97. The van der Waals surface area contributed by atoms with E-state index in [0.717, 1.165) is 0 Å². The second-order valence-corrected chi connectivity index (χ2v) is 4.23. The molecule has 0 aliphatic carbocycles. The van der Waals surface area contributed by atoms with E-state index < -0.39 is 0 Å². The predicted octanol–water partition coefficient (Wildman–Crippen LogP) is 4.10. The minimum absolute atomic E-state index is 0.571. The van der Waals surface area contributed by atoms with Crippen molar-refractivity contribution in [2.45, 2.75) is 19.7 Å². The van der Waals surface area contributed by atoms with Crippen molar-refractivity contribution in [3.8, 4) is 11.1 Å². The Kier molecular flexibility index (Phi) is 3.25. The summed E-state index contributed by atoms with van der Waals surface area (Å²) in [4.78, 5) is 4.11. The zero-order valence-electron chi connectivity index (χ0n) is 9.50. The normalized spacial score (nSPS) is 10.4. The van der Waals surface area contributed by atoms with Crippen LogP contribution in [0.2, 0.25) is 0 Å². The fraction of sp³-hybridized carbons (Fsp3) is 0.214. The summed E-state index contributed by atoms with van der Waals surface area (Å²) in [5.74, 6) is 0.571. The second kappa shape index (κ2) is 4.67. The molecular formula is C14H14ClN. The number of benzene rings is 1. The lowest BCUT2D eigenvalue weighted by Gasteiger charge is -2.08. The molecule has 2 rings (SSSR count). The molecule has 0 amide bonds. The highest BCUT2D eigenvalue weighted by Crippen LogP contribution is 2.25. The van der Waals surface area contributed by atoms with Gasteiger partial charge in [-0.05, 0) is 47.7 Å². The van der Waals surface area contributed by atoms with Crippen molar-refractivity contribution in [2.75, 3.05) is 0 Å². The lowest BCUT2D eigenvalue weighted by atomic mass is 9.99. The molecular weight excluding hydrogens is 218 g/mol. The van der Waals surface area contributed by atoms with Crippen molar-refractivity contribution in [3.05, 3.63) is 53.3 Å². The van der Waals surface area contributed by atoms with Gasteiger partial charge in [0.15, 0.2) is 0 Å². The van der Waals surface area contributed by atoms with Crippen LogP contribution >= 0.6 is 11.6 Å². The van der Waals surface area contributed by atoms with Gasteiger partial charge in [0.1, 0.15) is 0 Å². The number of rotatable bonds is 2. The molecule has 1 aromatic heterocycles. The summed E-state index contributed by atoms with van der Waals surface area (Å²) in [5.41, 5.74) is 6.09. The highest BCUT2D eigenvalue weighted by atomic mass is 35.5. The van der Waals surface area contributed by atoms with Crippen LogP contribution in [-0.2, 0) is 5.88 Å². The van der Waals surface area contributed by atoms with Crippen LogP contribution in [0.1, 0.15) is 16.7 Å². The minimum atomic E-state index is 0.571. The largest absolute Gasteiger partial charge is 0.264 e. The van der Waals surface area contributed by atoms with Crippen LogP contribution in [0, 0.1) is 13.8 Å². The van der Waals surface area contributed by atoms with Crippen molar-refractivity contribution < 1.29 is 0 Å². The molecule has 1 aromatic carbocycles. The van der Waals surface area contributed by atoms with Gasteiger partial charge in [-0.25, -0.2) is 0 Å². The fourth-order valence-corrected chi connectivity index (χ4v) is 2.11. The first-order valence-electron chi connectivity index (χ1n) is 5.29. The summed E-state index contributed by atoms with van der Waals surface area (Å²) in [6.45, 7) is 4.17. The quantitative estimate of drug-likeness (QED) is 0.709. The predicted molar refractivity (Wildman–Crippen MR) is 68.7 cm³/mol. The van der Waals surface area contributed by atoms with Gasteiger partial charge in [-0.2, -0.15) is 0 Å². The molecule has 0 unspecified atom stereocenters. The molecule has 1 nitrogen and oxygen atoms in total. The fourth-order valence-electron chi connectivity index (χ4n) is 1.81. The molecule has 0 N–H and O–H groups in total. The maximum atomic E-state index is 5.85. The van der Waals surface area contributed by atoms with Gasteiger partial charge in [-0.1, -0.05) is 18.2 Å². The number of alkyl halides is 1. The van der Waals surface area contributed by atoms with Crippen molar-refractivity contribution >= 4 is 11.6 Å². The number of hydrogen-bond acceptors (Lipinski definition) is 1. The van der Waals surface area contributed by atoms with E-state index in [-0.39, 0.29) is 0 Å². The first kappa shape index (κ1) is 11.2. The summed E-state index contributed by atoms with van der Waals surface area (Å²) >= 11 is 5.85. The standard InChI is InChI=1S/C14H14ClN/c1-10-7-12(3-4-13(10)8-15)14-5-6-16-9-11(14)2/h3-7,9H,8H2,1-2H3. The Labute approximate surface area is 101 Å². The number of nitrogens with zero attached hydrogens (tertiary/aromatic N) is 1. The van der Waals surface area contributed by atoms with Gasteiger partial charge in [-0.3, -0.25) is 4.98 Å². The molecule has 82 valence electrons. The molecule has 1 heterocycles. The first-order chi connectivity index (χ1) is 7.72. The number of pyridine rings is 1. The average molecular weight is 232 g/mol. The molecule has 0 saturated heterocycles. The Balaban J connectivity index is 2.50. The third kappa shape index (κ3) is 2.10. The molecule has 0 aliphatic heterocycles. The molecule has 0 aliphatic rings. The van der Waals surface area contributed by atoms with Crippen LogP contribution in [0.5, 0.6) is 0 Å². The van der Waals surface area contributed by atoms with E-state index in [1.165, 1.54) is 27.8 Å². The van der Waals surface area contributed by atoms with Crippen LogP contribution in [0.15, 0.2) is 36.7 Å². The number of aryl methyl sites for hydroxylation is 2. The molecule has 0 fully saturated rings. The Morgan fingerprint density at radius 1 is 1.12 bits per heavy atom. The maximum absolute atomic E-state index is 5.85. The molecule has 0 saturated carbocycles. The van der Waals surface area contributed by atoms with Crippen molar-refractivity contribution in [1.29, 1.82) is 0 Å². The van der Waals surface area contributed by atoms with Gasteiger partial charge in [0.25, 0.3) is 0 Å². The number of halogens is 1. The van der Waals surface area contributed by atoms with Crippen LogP contribution in [0.3, 0.4) is 0 Å². The third-order valence-corrected chi connectivity index (χ3v) is 3.11. The lowest BCUT2D eigenvalue weighted by molar-refractivity contribution is 1.26. The average Bonchev–Trinajstić information content (AvgIpc) is 2.29. The molecule has 0 bridgehead atoms. The van der Waals surface area contributed by atoms with E-state index in [4.69, 9.17) is 11.6 Å². The van der Waals surface area contributed by atoms with E-state index in [1.54, 1.807) is 0 Å². The highest BCUT2D eigenvalue weighted by Gasteiger charge is 2.03. The van der Waals surface area contributed by atoms with E-state index in [1.807, 2.05) is 18.5 Å². The van der Waals surface area contributed by atoms with E-state index >= 15 is 0 Å². The third-order valence-electron chi connectivity index (χ3n) is 2.82. The summed E-state index contributed by atoms with van der Waals surface area (Å²) in [6.07, 6.45) is 3.72. The number of hydrogen-bond donors (Lipinski definition) is 0. The summed E-state index contributed by atoms with van der Waals surface area (Å²) < 4.78 is 0. The molecule has 16 heavy (non-hydrogen) atoms. The Hall–Kier alpha value is -1.34. The first-order valence-corrected chi connectivity index (χ1v) is 5.82. The van der Waals surface area contributed by atoms with Crippen molar-refractivity contribution in [3.63, 3.8) is 0 Å². The molecule has 0 atom stereocenters. The summed E-state index contributed by atoms with van der Waals surface area (Å²) in [5, 5.41) is 0. The zero-order valence-corrected chi connectivity index (χ0v) is 10.3. The van der Waals surface area contributed by atoms with Gasteiger partial charge >= 0.3 is 0 Å². The molecule has 0 spiro atoms. The van der Waals surface area contributed by atoms with Crippen LogP contribution in [0.25, 0.3) is 11.1 Å². The Bertz CT molecular complexity index is 506. The SMILES string of the molecule is Cc1cc(-c2ccncc2C)ccc1CCl. The Morgan fingerprint density at radius 2 is 1.94 bits per heavy atom. The van der Waals surface area contributed by atoms with Gasteiger partial charge in [0.05, 0.1) is 0 Å². The van der Waals surface area contributed by atoms with Gasteiger partial charge in [0.2, 0.25) is 0 Å². The smallest absolute Gasteiger partial charge is 0.0476 e. The monoisotopic (exact) mass is 231 g/mol. The molecule has 0 radical (unpaired) electrons. The highest BCUT2D eigenvalue weighted by molar-refractivity contribution is 6.17. The van der Waals surface area contributed by atoms with E-state index in [9.17, 15) is 0 Å². The number of aromatic nitrogens is 1. The van der Waals surface area contributed by atoms with E-state index in [2.05, 4.69) is 37.0 Å². The van der Waals surface area contributed by atoms with E-state index in [0.29, 0.717) is 5.88 Å². The van der Waals surface area contributed by atoms with Gasteiger partial charge in [0, 0.05) is 18.3 Å². The van der Waals surface area contributed by atoms with Crippen LogP contribution in [-0.4, -0.2) is 4.98 Å². The lowest BCUT2D eigenvalue weighted by Crippen LogP contribution is -1.89. The summed E-state index contributed by atoms with van der Waals surface area (Å²) in [6, 6.07) is 8.44. The van der Waals surface area contributed by atoms with Crippen LogP contribution in [0.4, 0.5) is 0 Å². The van der Waals surface area contributed by atoms with Gasteiger partial charge in [-0.15, -0.1) is 11.6 Å². The Morgan fingerprint density at radius 3 is 2.56 bits per heavy atom. The van der Waals surface area contributed by atoms with Crippen molar-refractivity contribution in [1.82, 2.24) is 4.98 Å². The molecule has 2 heteroatoms. The van der Waals surface area contributed by atoms with Crippen LogP contribution < -0.4 is 0 Å². The topological polar surface area (TPSA) is 12.9 Å². The molecule has 2 aromatic rings. The summed E-state index contributed by atoms with van der Waals surface area (Å²) in [7, 11) is 0.